The zero-order valence-corrected chi connectivity index (χ0v) is 27.4. The summed E-state index contributed by atoms with van der Waals surface area (Å²) >= 11 is 0. The first-order chi connectivity index (χ1) is 19.3. The number of allylic oxidation sites excluding steroid dienone is 3. The topological polar surface area (TPSA) is 107 Å². The number of hydrogen-bond donors (Lipinski definition) is 2. The van der Waals surface area contributed by atoms with E-state index in [1.54, 1.807) is 6.08 Å². The minimum absolute atomic E-state index is 0.0303. The van der Waals surface area contributed by atoms with Crippen LogP contribution in [0, 0.1) is 61.6 Å². The first-order valence-electron chi connectivity index (χ1n) is 16.3. The number of carbonyl (C=O) groups excluding carboxylic acids is 3. The molecule has 0 radical (unpaired) electrons. The summed E-state index contributed by atoms with van der Waals surface area (Å²) in [6, 6.07) is 2.15. The van der Waals surface area contributed by atoms with Crippen molar-refractivity contribution in [3.63, 3.8) is 0 Å². The van der Waals surface area contributed by atoms with Crippen molar-refractivity contribution in [3.05, 3.63) is 23.3 Å². The van der Waals surface area contributed by atoms with Crippen LogP contribution < -0.4 is 5.32 Å². The Bertz CT molecular complexity index is 1340. The van der Waals surface area contributed by atoms with Gasteiger partial charge in [-0.25, -0.2) is 0 Å². The molecule has 1 unspecified atom stereocenters. The van der Waals surface area contributed by atoms with Gasteiger partial charge in [-0.2, -0.15) is 5.26 Å². The Balaban J connectivity index is 1.62. The molecule has 6 heteroatoms. The highest BCUT2D eigenvalue weighted by molar-refractivity contribution is 6.05. The Labute approximate surface area is 252 Å². The Hall–Kier alpha value is -2.26. The summed E-state index contributed by atoms with van der Waals surface area (Å²) < 4.78 is 0. The lowest BCUT2D eigenvalue weighted by Crippen LogP contribution is -2.74. The minimum atomic E-state index is -1.61. The SMILES string of the molecule is CCC(C)CNC(=O)[C@@]1(C)CC[C@]2(C)CC[C@@]3(C)[C@]4(C)CC[C@H]5C(C)(C)C(=O)C(C#N)=C[C@]5(C)C4=CC(=O)[C@]3(O)[C@@H]2C1. The first-order valence-corrected chi connectivity index (χ1v) is 16.3. The molecule has 0 aromatic heterocycles. The number of fused-ring (bicyclic) bond motifs is 7. The second-order valence-electron chi connectivity index (χ2n) is 16.6. The van der Waals surface area contributed by atoms with Gasteiger partial charge in [-0.05, 0) is 79.3 Å². The summed E-state index contributed by atoms with van der Waals surface area (Å²) in [5.41, 5.74) is -4.01. The van der Waals surface area contributed by atoms with E-state index < -0.39 is 32.7 Å². The van der Waals surface area contributed by atoms with E-state index in [0.717, 1.165) is 44.1 Å². The van der Waals surface area contributed by atoms with Crippen molar-refractivity contribution >= 4 is 17.5 Å². The fourth-order valence-electron chi connectivity index (χ4n) is 10.6. The van der Waals surface area contributed by atoms with Crippen LogP contribution >= 0.6 is 0 Å². The van der Waals surface area contributed by atoms with E-state index in [4.69, 9.17) is 0 Å². The van der Waals surface area contributed by atoms with Gasteiger partial charge in [-0.3, -0.25) is 14.4 Å². The predicted octanol–water partition coefficient (Wildman–Crippen LogP) is 6.48. The van der Waals surface area contributed by atoms with Gasteiger partial charge in [0.2, 0.25) is 5.91 Å². The van der Waals surface area contributed by atoms with Crippen molar-refractivity contribution in [2.45, 2.75) is 119 Å². The molecule has 3 fully saturated rings. The summed E-state index contributed by atoms with van der Waals surface area (Å²) in [5.74, 6) is -0.354. The molecule has 0 saturated heterocycles. The first kappa shape index (κ1) is 31.2. The second kappa shape index (κ2) is 9.37. The van der Waals surface area contributed by atoms with Crippen LogP contribution in [0.3, 0.4) is 0 Å². The molecule has 5 rings (SSSR count). The van der Waals surface area contributed by atoms with E-state index in [1.165, 1.54) is 0 Å². The summed E-state index contributed by atoms with van der Waals surface area (Å²) in [6.45, 7) is 19.4. The molecule has 5 aliphatic carbocycles. The Morgan fingerprint density at radius 1 is 1.05 bits per heavy atom. The molecule has 0 bridgehead atoms. The lowest BCUT2D eigenvalue weighted by Gasteiger charge is -2.71. The maximum absolute atomic E-state index is 14.6. The van der Waals surface area contributed by atoms with E-state index >= 15 is 0 Å². The van der Waals surface area contributed by atoms with Crippen molar-refractivity contribution in [1.82, 2.24) is 5.32 Å². The fraction of sp³-hybridized carbons (Fsp3) is 0.778. The number of nitriles is 1. The highest BCUT2D eigenvalue weighted by Gasteiger charge is 2.75. The number of amides is 1. The van der Waals surface area contributed by atoms with Crippen LogP contribution in [0.25, 0.3) is 0 Å². The highest BCUT2D eigenvalue weighted by Crippen LogP contribution is 2.75. The molecule has 0 aromatic rings. The molecule has 0 spiro atoms. The number of Topliss-reactive ketones (excluding diaryl/α,β-unsaturated/α-hetero) is 1. The standard InChI is InChI=1S/C36H52N2O4/c1-10-22(2)21-38-29(41)32(6)14-13-31(5)15-16-35(9)34(8)12-11-24-30(3,4)28(40)23(20-37)18-33(24,7)25(34)17-27(39)36(35,42)26(31)19-32/h17-18,22,24,26,42H,10-16,19,21H2,1-9H3,(H,38,41)/t22?,24-,26+,31+,32-,33-,34+,35-,36+/m0/s1. The Morgan fingerprint density at radius 2 is 1.69 bits per heavy atom. The average molecular weight is 577 g/mol. The summed E-state index contributed by atoms with van der Waals surface area (Å²) in [6.07, 6.45) is 9.70. The van der Waals surface area contributed by atoms with Crippen LogP contribution in [-0.4, -0.2) is 34.7 Å². The summed E-state index contributed by atoms with van der Waals surface area (Å²) in [5, 5.41) is 26.1. The van der Waals surface area contributed by atoms with Gasteiger partial charge in [-0.1, -0.05) is 74.8 Å². The van der Waals surface area contributed by atoms with Crippen LogP contribution in [-0.2, 0) is 14.4 Å². The van der Waals surface area contributed by atoms with Crippen LogP contribution in [0.4, 0.5) is 0 Å². The second-order valence-corrected chi connectivity index (χ2v) is 16.6. The fourth-order valence-corrected chi connectivity index (χ4v) is 10.6. The van der Waals surface area contributed by atoms with Gasteiger partial charge in [0, 0.05) is 34.1 Å². The van der Waals surface area contributed by atoms with Gasteiger partial charge in [0.25, 0.3) is 0 Å². The number of ketones is 2. The third-order valence-corrected chi connectivity index (χ3v) is 14.1. The van der Waals surface area contributed by atoms with Crippen LogP contribution in [0.5, 0.6) is 0 Å². The van der Waals surface area contributed by atoms with Gasteiger partial charge in [0.1, 0.15) is 11.7 Å². The van der Waals surface area contributed by atoms with Gasteiger partial charge < -0.3 is 10.4 Å². The maximum Gasteiger partial charge on any atom is 0.225 e. The van der Waals surface area contributed by atoms with Gasteiger partial charge in [0.15, 0.2) is 11.6 Å². The van der Waals surface area contributed by atoms with E-state index in [1.807, 2.05) is 26.8 Å². The zero-order chi connectivity index (χ0) is 31.3. The molecule has 0 heterocycles. The molecule has 2 N–H and O–H groups in total. The van der Waals surface area contributed by atoms with Crippen LogP contribution in [0.2, 0.25) is 0 Å². The van der Waals surface area contributed by atoms with E-state index in [0.29, 0.717) is 25.3 Å². The van der Waals surface area contributed by atoms with Crippen molar-refractivity contribution < 1.29 is 19.5 Å². The van der Waals surface area contributed by atoms with Crippen molar-refractivity contribution in [2.75, 3.05) is 6.54 Å². The lowest BCUT2D eigenvalue weighted by molar-refractivity contribution is -0.242. The number of nitrogens with zero attached hydrogens (tertiary/aromatic N) is 1. The Morgan fingerprint density at radius 3 is 2.31 bits per heavy atom. The molecule has 1 amide bonds. The van der Waals surface area contributed by atoms with Gasteiger partial charge in [-0.15, -0.1) is 0 Å². The number of aliphatic hydroxyl groups is 1. The maximum atomic E-state index is 14.6. The van der Waals surface area contributed by atoms with Gasteiger partial charge in [0.05, 0.1) is 5.57 Å². The third-order valence-electron chi connectivity index (χ3n) is 14.1. The van der Waals surface area contributed by atoms with Crippen LogP contribution in [0.15, 0.2) is 23.3 Å². The summed E-state index contributed by atoms with van der Waals surface area (Å²) in [7, 11) is 0. The van der Waals surface area contributed by atoms with Crippen LogP contribution in [0.1, 0.15) is 114 Å². The smallest absolute Gasteiger partial charge is 0.225 e. The molecule has 6 nitrogen and oxygen atoms in total. The molecular weight excluding hydrogens is 524 g/mol. The van der Waals surface area contributed by atoms with E-state index in [9.17, 15) is 24.8 Å². The predicted molar refractivity (Wildman–Crippen MR) is 163 cm³/mol. The molecule has 0 aliphatic heterocycles. The monoisotopic (exact) mass is 576 g/mol. The zero-order valence-electron chi connectivity index (χ0n) is 27.4. The number of rotatable bonds is 4. The lowest BCUT2D eigenvalue weighted by atomic mass is 9.33. The third kappa shape index (κ3) is 3.74. The number of hydrogen-bond acceptors (Lipinski definition) is 5. The van der Waals surface area contributed by atoms with E-state index in [-0.39, 0.29) is 40.3 Å². The van der Waals surface area contributed by atoms with Crippen molar-refractivity contribution in [3.8, 4) is 6.07 Å². The average Bonchev–Trinajstić information content (AvgIpc) is 2.93. The normalized spacial score (nSPS) is 46.5. The van der Waals surface area contributed by atoms with E-state index in [2.05, 4.69) is 52.9 Å². The highest BCUT2D eigenvalue weighted by atomic mass is 16.3. The molecule has 5 aliphatic rings. The summed E-state index contributed by atoms with van der Waals surface area (Å²) in [4.78, 5) is 41.5. The quantitative estimate of drug-likeness (QED) is 0.398. The molecular formula is C36H52N2O4. The Kier molecular flexibility index (Phi) is 6.95. The molecule has 42 heavy (non-hydrogen) atoms. The molecule has 230 valence electrons. The largest absolute Gasteiger partial charge is 0.381 e. The number of carbonyl (C=O) groups is 3. The van der Waals surface area contributed by atoms with Crippen molar-refractivity contribution in [2.24, 2.45) is 50.2 Å². The van der Waals surface area contributed by atoms with Crippen molar-refractivity contribution in [1.29, 1.82) is 5.26 Å². The molecule has 3 saturated carbocycles. The molecule has 9 atom stereocenters. The minimum Gasteiger partial charge on any atom is -0.381 e. The molecule has 0 aromatic carbocycles. The number of nitrogens with one attached hydrogen (secondary N) is 1. The van der Waals surface area contributed by atoms with Gasteiger partial charge >= 0.3 is 0 Å².